The number of rotatable bonds is 5. The summed E-state index contributed by atoms with van der Waals surface area (Å²) in [5.41, 5.74) is 3.80. The maximum absolute atomic E-state index is 6.24. The monoisotopic (exact) mass is 295 g/mol. The fourth-order valence-corrected chi connectivity index (χ4v) is 3.54. The molecule has 2 rings (SSSR count). The van der Waals surface area contributed by atoms with Gasteiger partial charge in [-0.3, -0.25) is 0 Å². The van der Waals surface area contributed by atoms with Gasteiger partial charge in [0.1, 0.15) is 0 Å². The van der Waals surface area contributed by atoms with E-state index in [1.165, 1.54) is 11.1 Å². The number of hydrogen-bond acceptors (Lipinski definition) is 2. The minimum Gasteiger partial charge on any atom is -0.378 e. The number of benzene rings is 1. The molecule has 3 heteroatoms. The zero-order chi connectivity index (χ0) is 14.7. The summed E-state index contributed by atoms with van der Waals surface area (Å²) in [5, 5.41) is 4.53. The number of aryl methyl sites for hydroxylation is 2. The Morgan fingerprint density at radius 3 is 2.70 bits per heavy atom. The highest BCUT2D eigenvalue weighted by molar-refractivity contribution is 6.31. The van der Waals surface area contributed by atoms with Gasteiger partial charge in [-0.15, -0.1) is 0 Å². The Kier molecular flexibility index (Phi) is 5.48. The second-order valence-corrected chi connectivity index (χ2v) is 6.17. The van der Waals surface area contributed by atoms with Crippen LogP contribution >= 0.6 is 11.6 Å². The molecule has 3 unspecified atom stereocenters. The minimum absolute atomic E-state index is 0.364. The van der Waals surface area contributed by atoms with Gasteiger partial charge in [0.15, 0.2) is 0 Å². The predicted molar refractivity (Wildman–Crippen MR) is 85.5 cm³/mol. The molecule has 1 aromatic rings. The van der Waals surface area contributed by atoms with Gasteiger partial charge >= 0.3 is 0 Å². The van der Waals surface area contributed by atoms with Crippen molar-refractivity contribution in [1.29, 1.82) is 0 Å². The van der Waals surface area contributed by atoms with Crippen LogP contribution in [0.25, 0.3) is 0 Å². The SMILES string of the molecule is CCNC(c1cc(C)c(Cl)cc1C)C1CCOC1CC. The van der Waals surface area contributed by atoms with Gasteiger partial charge in [-0.25, -0.2) is 0 Å². The molecule has 0 aromatic heterocycles. The van der Waals surface area contributed by atoms with E-state index in [0.717, 1.165) is 36.6 Å². The predicted octanol–water partition coefficient (Wildman–Crippen LogP) is 4.42. The molecule has 0 radical (unpaired) electrons. The Hall–Kier alpha value is -0.570. The molecule has 2 nitrogen and oxygen atoms in total. The summed E-state index contributed by atoms with van der Waals surface area (Å²) in [6, 6.07) is 4.70. The normalized spacial score (nSPS) is 24.1. The fraction of sp³-hybridized carbons (Fsp3) is 0.647. The van der Waals surface area contributed by atoms with Crippen molar-refractivity contribution in [2.75, 3.05) is 13.2 Å². The van der Waals surface area contributed by atoms with Crippen LogP contribution in [0.2, 0.25) is 5.02 Å². The van der Waals surface area contributed by atoms with E-state index in [0.29, 0.717) is 18.1 Å². The number of hydrogen-bond donors (Lipinski definition) is 1. The lowest BCUT2D eigenvalue weighted by molar-refractivity contribution is 0.0775. The molecule has 1 aromatic carbocycles. The van der Waals surface area contributed by atoms with Crippen molar-refractivity contribution in [2.45, 2.75) is 52.7 Å². The first kappa shape index (κ1) is 15.8. The van der Waals surface area contributed by atoms with Crippen LogP contribution in [0, 0.1) is 19.8 Å². The first-order valence-corrected chi connectivity index (χ1v) is 8.07. The number of nitrogens with one attached hydrogen (secondary N) is 1. The van der Waals surface area contributed by atoms with Gasteiger partial charge in [-0.1, -0.05) is 31.5 Å². The molecule has 0 bridgehead atoms. The highest BCUT2D eigenvalue weighted by Crippen LogP contribution is 2.37. The summed E-state index contributed by atoms with van der Waals surface area (Å²) >= 11 is 6.24. The molecule has 0 spiro atoms. The summed E-state index contributed by atoms with van der Waals surface area (Å²) < 4.78 is 5.89. The van der Waals surface area contributed by atoms with Gasteiger partial charge in [0.25, 0.3) is 0 Å². The van der Waals surface area contributed by atoms with Gasteiger partial charge in [0.2, 0.25) is 0 Å². The average Bonchev–Trinajstić information content (AvgIpc) is 2.88. The van der Waals surface area contributed by atoms with E-state index < -0.39 is 0 Å². The van der Waals surface area contributed by atoms with Crippen LogP contribution in [-0.4, -0.2) is 19.3 Å². The van der Waals surface area contributed by atoms with E-state index in [4.69, 9.17) is 16.3 Å². The molecule has 112 valence electrons. The highest BCUT2D eigenvalue weighted by Gasteiger charge is 2.34. The molecular formula is C17H26ClNO. The van der Waals surface area contributed by atoms with Gasteiger partial charge in [-0.05, 0) is 56.0 Å². The van der Waals surface area contributed by atoms with E-state index in [-0.39, 0.29) is 0 Å². The van der Waals surface area contributed by atoms with Crippen LogP contribution in [-0.2, 0) is 4.74 Å². The van der Waals surface area contributed by atoms with Crippen LogP contribution in [0.3, 0.4) is 0 Å². The quantitative estimate of drug-likeness (QED) is 0.868. The second kappa shape index (κ2) is 6.93. The van der Waals surface area contributed by atoms with E-state index >= 15 is 0 Å². The zero-order valence-electron chi connectivity index (χ0n) is 13.0. The summed E-state index contributed by atoms with van der Waals surface area (Å²) in [6.07, 6.45) is 2.59. The summed E-state index contributed by atoms with van der Waals surface area (Å²) in [5.74, 6) is 0.555. The lowest BCUT2D eigenvalue weighted by Gasteiger charge is -2.30. The highest BCUT2D eigenvalue weighted by atomic mass is 35.5. The fourth-order valence-electron chi connectivity index (χ4n) is 3.32. The molecule has 1 aliphatic heterocycles. The molecule has 1 heterocycles. The van der Waals surface area contributed by atoms with Crippen LogP contribution < -0.4 is 5.32 Å². The number of ether oxygens (including phenoxy) is 1. The first-order chi connectivity index (χ1) is 9.58. The molecule has 1 saturated heterocycles. The Balaban J connectivity index is 2.35. The molecule has 0 aliphatic carbocycles. The molecule has 1 fully saturated rings. The number of halogens is 1. The first-order valence-electron chi connectivity index (χ1n) is 7.70. The minimum atomic E-state index is 0.364. The Labute approximate surface area is 127 Å². The van der Waals surface area contributed by atoms with Gasteiger partial charge < -0.3 is 10.1 Å². The van der Waals surface area contributed by atoms with Crippen molar-refractivity contribution >= 4 is 11.6 Å². The van der Waals surface area contributed by atoms with Crippen LogP contribution in [0.4, 0.5) is 0 Å². The maximum atomic E-state index is 6.24. The smallest absolute Gasteiger partial charge is 0.0619 e. The molecule has 0 saturated carbocycles. The van der Waals surface area contributed by atoms with Gasteiger partial charge in [0.05, 0.1) is 6.10 Å². The van der Waals surface area contributed by atoms with Crippen molar-refractivity contribution in [3.63, 3.8) is 0 Å². The van der Waals surface area contributed by atoms with Crippen molar-refractivity contribution in [3.05, 3.63) is 33.8 Å². The van der Waals surface area contributed by atoms with Crippen molar-refractivity contribution in [1.82, 2.24) is 5.32 Å². The van der Waals surface area contributed by atoms with Crippen LogP contribution in [0.1, 0.15) is 49.4 Å². The van der Waals surface area contributed by atoms with E-state index in [9.17, 15) is 0 Å². The summed E-state index contributed by atoms with van der Waals surface area (Å²) in [6.45, 7) is 10.5. The molecule has 0 amide bonds. The van der Waals surface area contributed by atoms with Gasteiger partial charge in [-0.2, -0.15) is 0 Å². The molecule has 1 N–H and O–H groups in total. The summed E-state index contributed by atoms with van der Waals surface area (Å²) in [4.78, 5) is 0. The third-order valence-electron chi connectivity index (χ3n) is 4.40. The Morgan fingerprint density at radius 2 is 2.05 bits per heavy atom. The van der Waals surface area contributed by atoms with Gasteiger partial charge in [0, 0.05) is 23.6 Å². The third kappa shape index (κ3) is 3.19. The topological polar surface area (TPSA) is 21.3 Å². The Bertz CT molecular complexity index is 461. The van der Waals surface area contributed by atoms with E-state index in [1.54, 1.807) is 0 Å². The molecule has 1 aliphatic rings. The standard InChI is InChI=1S/C17H26ClNO/c1-5-16-13(7-8-20-16)17(19-6-2)14-9-12(4)15(18)10-11(14)3/h9-10,13,16-17,19H,5-8H2,1-4H3. The summed E-state index contributed by atoms with van der Waals surface area (Å²) in [7, 11) is 0. The largest absolute Gasteiger partial charge is 0.378 e. The molecular weight excluding hydrogens is 270 g/mol. The lowest BCUT2D eigenvalue weighted by Crippen LogP contribution is -2.33. The average molecular weight is 296 g/mol. The second-order valence-electron chi connectivity index (χ2n) is 5.76. The Morgan fingerprint density at radius 1 is 1.30 bits per heavy atom. The zero-order valence-corrected chi connectivity index (χ0v) is 13.8. The van der Waals surface area contributed by atoms with Crippen molar-refractivity contribution in [2.24, 2.45) is 5.92 Å². The third-order valence-corrected chi connectivity index (χ3v) is 4.80. The van der Waals surface area contributed by atoms with Crippen molar-refractivity contribution in [3.8, 4) is 0 Å². The van der Waals surface area contributed by atoms with E-state index in [2.05, 4.69) is 45.1 Å². The lowest BCUT2D eigenvalue weighted by atomic mass is 9.84. The maximum Gasteiger partial charge on any atom is 0.0619 e. The van der Waals surface area contributed by atoms with E-state index in [1.807, 2.05) is 0 Å². The van der Waals surface area contributed by atoms with Crippen LogP contribution in [0.5, 0.6) is 0 Å². The molecule has 20 heavy (non-hydrogen) atoms. The van der Waals surface area contributed by atoms with Crippen LogP contribution in [0.15, 0.2) is 12.1 Å². The van der Waals surface area contributed by atoms with Crippen molar-refractivity contribution < 1.29 is 4.74 Å². The molecule has 3 atom stereocenters.